The van der Waals surface area contributed by atoms with E-state index in [2.05, 4.69) is 15.4 Å². The molecule has 0 radical (unpaired) electrons. The van der Waals surface area contributed by atoms with Crippen molar-refractivity contribution in [2.24, 2.45) is 0 Å². The molecule has 144 valence electrons. The van der Waals surface area contributed by atoms with Crippen molar-refractivity contribution in [1.29, 1.82) is 0 Å². The highest BCUT2D eigenvalue weighted by Gasteiger charge is 2.11. The van der Waals surface area contributed by atoms with Gasteiger partial charge in [0.1, 0.15) is 5.75 Å². The van der Waals surface area contributed by atoms with Crippen molar-refractivity contribution >= 4 is 11.9 Å². The van der Waals surface area contributed by atoms with Gasteiger partial charge in [-0.1, -0.05) is 12.1 Å². The van der Waals surface area contributed by atoms with Crippen LogP contribution in [-0.2, 0) is 16.0 Å². The third kappa shape index (κ3) is 5.16. The monoisotopic (exact) mass is 380 g/mol. The molecule has 2 aromatic heterocycles. The Morgan fingerprint density at radius 3 is 2.61 bits per heavy atom. The second-order valence-electron chi connectivity index (χ2n) is 5.88. The van der Waals surface area contributed by atoms with E-state index in [1.54, 1.807) is 42.4 Å². The number of rotatable bonds is 8. The summed E-state index contributed by atoms with van der Waals surface area (Å²) >= 11 is 0. The number of carbonyl (C=O) groups is 2. The number of pyridine rings is 1. The highest BCUT2D eigenvalue weighted by molar-refractivity contribution is 5.91. The predicted octanol–water partition coefficient (Wildman–Crippen LogP) is 1.79. The highest BCUT2D eigenvalue weighted by Crippen LogP contribution is 2.11. The Bertz CT molecular complexity index is 906. The molecular weight excluding hydrogens is 360 g/mol. The topological polar surface area (TPSA) is 95.3 Å². The van der Waals surface area contributed by atoms with Crippen molar-refractivity contribution in [3.63, 3.8) is 0 Å². The van der Waals surface area contributed by atoms with Crippen LogP contribution in [0.25, 0.3) is 5.82 Å². The van der Waals surface area contributed by atoms with Crippen LogP contribution in [0.15, 0.2) is 61.1 Å². The lowest BCUT2D eigenvalue weighted by Crippen LogP contribution is -2.30. The van der Waals surface area contributed by atoms with Gasteiger partial charge in [0.15, 0.2) is 12.4 Å². The molecular formula is C20H20N4O4. The average molecular weight is 380 g/mol. The number of carbonyl (C=O) groups excluding carboxylic acids is 2. The minimum atomic E-state index is -0.607. The van der Waals surface area contributed by atoms with E-state index in [0.29, 0.717) is 18.8 Å². The molecule has 0 aliphatic rings. The van der Waals surface area contributed by atoms with Crippen molar-refractivity contribution in [1.82, 2.24) is 20.1 Å². The van der Waals surface area contributed by atoms with E-state index in [9.17, 15) is 9.59 Å². The second kappa shape index (κ2) is 9.31. The Balaban J connectivity index is 1.40. The van der Waals surface area contributed by atoms with Gasteiger partial charge in [0.05, 0.1) is 12.7 Å². The molecule has 0 saturated carbocycles. The van der Waals surface area contributed by atoms with E-state index >= 15 is 0 Å². The Hall–Kier alpha value is -3.68. The summed E-state index contributed by atoms with van der Waals surface area (Å²) in [5.74, 6) is 0.400. The van der Waals surface area contributed by atoms with E-state index < -0.39 is 5.97 Å². The fraction of sp³-hybridized carbons (Fsp3) is 0.200. The van der Waals surface area contributed by atoms with E-state index in [0.717, 1.165) is 11.3 Å². The van der Waals surface area contributed by atoms with Crippen LogP contribution in [-0.4, -0.2) is 46.9 Å². The molecule has 0 fully saturated rings. The molecule has 2 heterocycles. The Labute approximate surface area is 162 Å². The van der Waals surface area contributed by atoms with Gasteiger partial charge >= 0.3 is 5.97 Å². The number of ether oxygens (including phenoxy) is 2. The molecule has 0 unspecified atom stereocenters. The van der Waals surface area contributed by atoms with Gasteiger partial charge in [-0.3, -0.25) is 4.79 Å². The zero-order chi connectivity index (χ0) is 19.8. The molecule has 0 spiro atoms. The Morgan fingerprint density at radius 1 is 1.14 bits per heavy atom. The fourth-order valence-electron chi connectivity index (χ4n) is 2.45. The van der Waals surface area contributed by atoms with E-state index in [4.69, 9.17) is 9.47 Å². The molecule has 0 aliphatic carbocycles. The maximum Gasteiger partial charge on any atom is 0.340 e. The second-order valence-corrected chi connectivity index (χ2v) is 5.88. The van der Waals surface area contributed by atoms with Crippen molar-refractivity contribution in [2.45, 2.75) is 6.42 Å². The molecule has 0 aliphatic heterocycles. The first-order valence-corrected chi connectivity index (χ1v) is 8.68. The molecule has 1 amide bonds. The maximum absolute atomic E-state index is 12.0. The minimum Gasteiger partial charge on any atom is -0.497 e. The summed E-state index contributed by atoms with van der Waals surface area (Å²) in [4.78, 5) is 28.0. The predicted molar refractivity (Wildman–Crippen MR) is 101 cm³/mol. The lowest BCUT2D eigenvalue weighted by molar-refractivity contribution is -0.124. The molecule has 8 nitrogen and oxygen atoms in total. The third-order valence-electron chi connectivity index (χ3n) is 3.95. The van der Waals surface area contributed by atoms with Gasteiger partial charge in [0, 0.05) is 25.1 Å². The highest BCUT2D eigenvalue weighted by atomic mass is 16.5. The lowest BCUT2D eigenvalue weighted by Gasteiger charge is -2.07. The first-order valence-electron chi connectivity index (χ1n) is 8.68. The molecule has 3 rings (SSSR count). The molecule has 1 aromatic carbocycles. The quantitative estimate of drug-likeness (QED) is 0.599. The van der Waals surface area contributed by atoms with E-state index in [1.807, 2.05) is 24.3 Å². The summed E-state index contributed by atoms with van der Waals surface area (Å²) in [6.07, 6.45) is 5.44. The zero-order valence-corrected chi connectivity index (χ0v) is 15.4. The number of aromatic nitrogens is 3. The molecule has 3 aromatic rings. The molecule has 0 bridgehead atoms. The van der Waals surface area contributed by atoms with Crippen molar-refractivity contribution in [3.05, 3.63) is 72.2 Å². The maximum atomic E-state index is 12.0. The number of esters is 1. The van der Waals surface area contributed by atoms with Crippen LogP contribution >= 0.6 is 0 Å². The summed E-state index contributed by atoms with van der Waals surface area (Å²) in [5.41, 5.74) is 1.34. The number of amides is 1. The van der Waals surface area contributed by atoms with E-state index in [-0.39, 0.29) is 18.1 Å². The lowest BCUT2D eigenvalue weighted by atomic mass is 10.1. The molecule has 1 N–H and O–H groups in total. The Morgan fingerprint density at radius 2 is 1.96 bits per heavy atom. The van der Waals surface area contributed by atoms with Gasteiger partial charge in [0.2, 0.25) is 0 Å². The van der Waals surface area contributed by atoms with Gasteiger partial charge in [-0.2, -0.15) is 5.10 Å². The first-order chi connectivity index (χ1) is 13.7. The van der Waals surface area contributed by atoms with Gasteiger partial charge in [-0.25, -0.2) is 14.5 Å². The summed E-state index contributed by atoms with van der Waals surface area (Å²) < 4.78 is 11.7. The SMILES string of the molecule is COc1ccc(CCNC(=O)COC(=O)c2ccc(-n3cccn3)nc2)cc1. The van der Waals surface area contributed by atoms with Crippen LogP contribution < -0.4 is 10.1 Å². The summed E-state index contributed by atoms with van der Waals surface area (Å²) in [7, 11) is 1.61. The van der Waals surface area contributed by atoms with Crippen LogP contribution in [0, 0.1) is 0 Å². The van der Waals surface area contributed by atoms with Gasteiger partial charge < -0.3 is 14.8 Å². The van der Waals surface area contributed by atoms with Crippen LogP contribution in [0.2, 0.25) is 0 Å². The number of nitrogens with one attached hydrogen (secondary N) is 1. The van der Waals surface area contributed by atoms with Gasteiger partial charge in [0.25, 0.3) is 5.91 Å². The Kier molecular flexibility index (Phi) is 6.35. The van der Waals surface area contributed by atoms with Crippen LogP contribution in [0.1, 0.15) is 15.9 Å². The standard InChI is InChI=1S/C20H20N4O4/c1-27-17-6-3-15(4-7-17)9-11-21-19(25)14-28-20(26)16-5-8-18(22-13-16)24-12-2-10-23-24/h2-8,10,12-13H,9,11,14H2,1H3,(H,21,25). The van der Waals surface area contributed by atoms with Gasteiger partial charge in [-0.05, 0) is 42.3 Å². The third-order valence-corrected chi connectivity index (χ3v) is 3.95. The average Bonchev–Trinajstić information content (AvgIpc) is 3.27. The number of nitrogens with zero attached hydrogens (tertiary/aromatic N) is 3. The van der Waals surface area contributed by atoms with Crippen molar-refractivity contribution < 1.29 is 19.1 Å². The fourth-order valence-corrected chi connectivity index (χ4v) is 2.45. The molecule has 0 saturated heterocycles. The van der Waals surface area contributed by atoms with Crippen LogP contribution in [0.5, 0.6) is 5.75 Å². The normalized spacial score (nSPS) is 10.3. The summed E-state index contributed by atoms with van der Waals surface area (Å²) in [6, 6.07) is 12.6. The number of benzene rings is 1. The number of hydrogen-bond acceptors (Lipinski definition) is 6. The summed E-state index contributed by atoms with van der Waals surface area (Å²) in [5, 5.41) is 6.78. The summed E-state index contributed by atoms with van der Waals surface area (Å²) in [6.45, 7) is 0.102. The number of methoxy groups -OCH3 is 1. The van der Waals surface area contributed by atoms with E-state index in [1.165, 1.54) is 6.20 Å². The van der Waals surface area contributed by atoms with Crippen molar-refractivity contribution in [3.8, 4) is 11.6 Å². The van der Waals surface area contributed by atoms with Crippen molar-refractivity contribution in [2.75, 3.05) is 20.3 Å². The first kappa shape index (κ1) is 19.1. The molecule has 8 heteroatoms. The van der Waals surface area contributed by atoms with Gasteiger partial charge in [-0.15, -0.1) is 0 Å². The zero-order valence-electron chi connectivity index (χ0n) is 15.4. The molecule has 0 atom stereocenters. The van der Waals surface area contributed by atoms with Crippen LogP contribution in [0.3, 0.4) is 0 Å². The molecule has 28 heavy (non-hydrogen) atoms. The minimum absolute atomic E-state index is 0.266. The largest absolute Gasteiger partial charge is 0.497 e. The van der Waals surface area contributed by atoms with Crippen LogP contribution in [0.4, 0.5) is 0 Å². The number of hydrogen-bond donors (Lipinski definition) is 1. The smallest absolute Gasteiger partial charge is 0.340 e.